The van der Waals surface area contributed by atoms with E-state index in [4.69, 9.17) is 13.8 Å². The molecule has 0 bridgehead atoms. The van der Waals surface area contributed by atoms with Crippen molar-refractivity contribution in [1.82, 2.24) is 5.32 Å². The number of unbranched alkanes of at least 4 members (excludes halogenated alkanes) is 21. The molecule has 0 radical (unpaired) electrons. The molecule has 0 aliphatic rings. The fraction of sp³-hybridized carbons (Fsp3) is 0.868. The van der Waals surface area contributed by atoms with Gasteiger partial charge in [-0.25, -0.2) is 9.36 Å². The monoisotopic (exact) mass is 733 g/mol. The highest BCUT2D eigenvalue weighted by molar-refractivity contribution is 7.47. The average molecular weight is 734 g/mol. The van der Waals surface area contributed by atoms with Gasteiger partial charge in [0.15, 0.2) is 6.04 Å². The summed E-state index contributed by atoms with van der Waals surface area (Å²) in [6.45, 7) is 2.56. The molecule has 294 valence electrons. The number of esters is 1. The standard InChI is InChI=1S/C38H72NO10P/c1-3-5-7-9-11-13-15-17-19-21-23-25-27-29-36(41)39-35(38(43)44)33-49-50(45,46)48-32-34(40)31-47-37(42)30-28-26-24-22-20-18-16-14-12-10-8-6-4-2/h13,15,34-35,40H,3-12,14,16-33H2,1-2H3,(H,39,41)(H,43,44)(H,45,46)/b15-13-. The van der Waals surface area contributed by atoms with Crippen molar-refractivity contribution in [2.24, 2.45) is 0 Å². The Morgan fingerprint density at radius 3 is 1.54 bits per heavy atom. The van der Waals surface area contributed by atoms with Gasteiger partial charge in [0.25, 0.3) is 0 Å². The molecule has 0 rings (SSSR count). The van der Waals surface area contributed by atoms with E-state index < -0.39 is 57.6 Å². The van der Waals surface area contributed by atoms with E-state index in [1.54, 1.807) is 0 Å². The summed E-state index contributed by atoms with van der Waals surface area (Å²) in [7, 11) is -4.75. The minimum Gasteiger partial charge on any atom is -0.480 e. The third-order valence-electron chi connectivity index (χ3n) is 8.55. The average Bonchev–Trinajstić information content (AvgIpc) is 3.08. The molecule has 0 saturated heterocycles. The van der Waals surface area contributed by atoms with Crippen LogP contribution in [0, 0.1) is 0 Å². The van der Waals surface area contributed by atoms with Crippen LogP contribution >= 0.6 is 7.82 Å². The summed E-state index contributed by atoms with van der Waals surface area (Å²) in [4.78, 5) is 45.7. The molecule has 0 aromatic rings. The van der Waals surface area contributed by atoms with Crippen LogP contribution in [0.25, 0.3) is 0 Å². The number of ether oxygens (including phenoxy) is 1. The van der Waals surface area contributed by atoms with Crippen molar-refractivity contribution >= 4 is 25.7 Å². The number of allylic oxidation sites excluding steroid dienone is 2. The van der Waals surface area contributed by atoms with E-state index in [9.17, 15) is 34.1 Å². The van der Waals surface area contributed by atoms with Crippen LogP contribution in [-0.4, -0.2) is 64.9 Å². The van der Waals surface area contributed by atoms with Gasteiger partial charge in [0, 0.05) is 12.8 Å². The van der Waals surface area contributed by atoms with Gasteiger partial charge in [-0.05, 0) is 38.5 Å². The summed E-state index contributed by atoms with van der Waals surface area (Å²) >= 11 is 0. The number of phosphoric acid groups is 1. The van der Waals surface area contributed by atoms with E-state index >= 15 is 0 Å². The van der Waals surface area contributed by atoms with Crippen molar-refractivity contribution in [3.63, 3.8) is 0 Å². The number of carboxylic acids is 1. The second kappa shape index (κ2) is 34.3. The number of nitrogens with one attached hydrogen (secondary N) is 1. The van der Waals surface area contributed by atoms with Crippen LogP contribution < -0.4 is 5.32 Å². The molecule has 11 nitrogen and oxygen atoms in total. The molecule has 3 unspecified atom stereocenters. The summed E-state index contributed by atoms with van der Waals surface area (Å²) in [6.07, 6.45) is 31.0. The fourth-order valence-corrected chi connectivity index (χ4v) is 6.20. The number of hydrogen-bond donors (Lipinski definition) is 4. The minimum atomic E-state index is -4.75. The molecular formula is C38H72NO10P. The molecule has 0 saturated carbocycles. The third kappa shape index (κ3) is 33.4. The highest BCUT2D eigenvalue weighted by atomic mass is 31.2. The number of aliphatic carboxylic acids is 1. The van der Waals surface area contributed by atoms with Gasteiger partial charge in [-0.15, -0.1) is 0 Å². The van der Waals surface area contributed by atoms with Crippen molar-refractivity contribution in [1.29, 1.82) is 0 Å². The van der Waals surface area contributed by atoms with Crippen molar-refractivity contribution in [3.05, 3.63) is 12.2 Å². The van der Waals surface area contributed by atoms with E-state index in [-0.39, 0.29) is 12.8 Å². The maximum Gasteiger partial charge on any atom is 0.472 e. The second-order valence-corrected chi connectivity index (χ2v) is 14.9. The zero-order chi connectivity index (χ0) is 37.1. The van der Waals surface area contributed by atoms with Crippen molar-refractivity contribution in [3.8, 4) is 0 Å². The maximum atomic E-state index is 12.2. The maximum absolute atomic E-state index is 12.2. The Morgan fingerprint density at radius 2 is 1.04 bits per heavy atom. The van der Waals surface area contributed by atoms with Crippen molar-refractivity contribution in [2.75, 3.05) is 19.8 Å². The van der Waals surface area contributed by atoms with E-state index in [2.05, 4.69) is 31.3 Å². The van der Waals surface area contributed by atoms with E-state index in [1.807, 2.05) is 0 Å². The molecular weight excluding hydrogens is 661 g/mol. The Balaban J connectivity index is 3.95. The molecule has 0 aromatic heterocycles. The molecule has 3 atom stereocenters. The normalized spacial score (nSPS) is 14.0. The number of aliphatic hydroxyl groups excluding tert-OH is 1. The Kier molecular flexibility index (Phi) is 33.1. The Hall–Kier alpha value is -1.78. The van der Waals surface area contributed by atoms with Crippen LogP contribution in [0.2, 0.25) is 0 Å². The molecule has 12 heteroatoms. The van der Waals surface area contributed by atoms with Crippen LogP contribution in [0.15, 0.2) is 12.2 Å². The molecule has 50 heavy (non-hydrogen) atoms. The van der Waals surface area contributed by atoms with Crippen LogP contribution in [0.3, 0.4) is 0 Å². The molecule has 0 heterocycles. The first kappa shape index (κ1) is 48.2. The Labute approximate surface area is 303 Å². The summed E-state index contributed by atoms with van der Waals surface area (Å²) in [6, 6.07) is -1.55. The molecule has 0 fully saturated rings. The molecule has 0 aromatic carbocycles. The molecule has 4 N–H and O–H groups in total. The first-order chi connectivity index (χ1) is 24.1. The highest BCUT2D eigenvalue weighted by Gasteiger charge is 2.28. The smallest absolute Gasteiger partial charge is 0.472 e. The third-order valence-corrected chi connectivity index (χ3v) is 9.51. The predicted octanol–water partition coefficient (Wildman–Crippen LogP) is 9.33. The largest absolute Gasteiger partial charge is 0.480 e. The number of hydrogen-bond acceptors (Lipinski definition) is 8. The first-order valence-electron chi connectivity index (χ1n) is 19.7. The summed E-state index contributed by atoms with van der Waals surface area (Å²) in [5.74, 6) is -2.38. The molecule has 0 aliphatic carbocycles. The minimum absolute atomic E-state index is 0.138. The lowest BCUT2D eigenvalue weighted by molar-refractivity contribution is -0.147. The van der Waals surface area contributed by atoms with E-state index in [1.165, 1.54) is 83.5 Å². The highest BCUT2D eigenvalue weighted by Crippen LogP contribution is 2.43. The SMILES string of the molecule is CCCCCC/C=C\CCCCCCCC(=O)NC(COP(=O)(O)OCC(O)COC(=O)CCCCCCCCCCCCCCC)C(=O)O. The van der Waals surface area contributed by atoms with Crippen LogP contribution in [-0.2, 0) is 32.7 Å². The zero-order valence-corrected chi connectivity index (χ0v) is 32.4. The molecule has 0 spiro atoms. The fourth-order valence-electron chi connectivity index (χ4n) is 5.43. The lowest BCUT2D eigenvalue weighted by Crippen LogP contribution is -2.43. The lowest BCUT2D eigenvalue weighted by atomic mass is 10.0. The quantitative estimate of drug-likeness (QED) is 0.0209. The van der Waals surface area contributed by atoms with Crippen LogP contribution in [0.4, 0.5) is 0 Å². The van der Waals surface area contributed by atoms with Gasteiger partial charge < -0.3 is 25.2 Å². The van der Waals surface area contributed by atoms with Gasteiger partial charge in [0.05, 0.1) is 13.2 Å². The Bertz CT molecular complexity index is 916. The number of aliphatic hydroxyl groups is 1. The Morgan fingerprint density at radius 1 is 0.620 bits per heavy atom. The van der Waals surface area contributed by atoms with Crippen LogP contribution in [0.5, 0.6) is 0 Å². The number of carbonyl (C=O) groups is 3. The van der Waals surface area contributed by atoms with Gasteiger partial charge in [0.2, 0.25) is 5.91 Å². The van der Waals surface area contributed by atoms with Crippen LogP contribution in [0.1, 0.15) is 181 Å². The van der Waals surface area contributed by atoms with Gasteiger partial charge in [-0.2, -0.15) is 0 Å². The number of rotatable bonds is 37. The van der Waals surface area contributed by atoms with Crippen molar-refractivity contribution < 1.29 is 47.8 Å². The topological polar surface area (TPSA) is 169 Å². The summed E-state index contributed by atoms with van der Waals surface area (Å²) in [5.41, 5.74) is 0. The number of carbonyl (C=O) groups excluding carboxylic acids is 2. The number of phosphoric ester groups is 1. The molecule has 1 amide bonds. The number of carboxylic acid groups (broad SMARTS) is 1. The summed E-state index contributed by atoms with van der Waals surface area (Å²) < 4.78 is 26.7. The summed E-state index contributed by atoms with van der Waals surface area (Å²) in [5, 5.41) is 21.7. The number of amides is 1. The first-order valence-corrected chi connectivity index (χ1v) is 21.2. The lowest BCUT2D eigenvalue weighted by Gasteiger charge is -2.18. The molecule has 0 aliphatic heterocycles. The van der Waals surface area contributed by atoms with Crippen molar-refractivity contribution in [2.45, 2.75) is 193 Å². The van der Waals surface area contributed by atoms with E-state index in [0.717, 1.165) is 57.8 Å². The van der Waals surface area contributed by atoms with Gasteiger partial charge in [-0.3, -0.25) is 18.6 Å². The predicted molar refractivity (Wildman–Crippen MR) is 199 cm³/mol. The van der Waals surface area contributed by atoms with E-state index in [0.29, 0.717) is 12.8 Å². The zero-order valence-electron chi connectivity index (χ0n) is 31.5. The van der Waals surface area contributed by atoms with Gasteiger partial charge in [-0.1, -0.05) is 142 Å². The van der Waals surface area contributed by atoms with Gasteiger partial charge >= 0.3 is 19.8 Å². The van der Waals surface area contributed by atoms with Gasteiger partial charge in [0.1, 0.15) is 12.7 Å². The second-order valence-electron chi connectivity index (χ2n) is 13.5.